The summed E-state index contributed by atoms with van der Waals surface area (Å²) in [7, 11) is 0. The highest BCUT2D eigenvalue weighted by Crippen LogP contribution is 2.22. The first-order valence-corrected chi connectivity index (χ1v) is 6.62. The van der Waals surface area contributed by atoms with E-state index in [2.05, 4.69) is 15.3 Å². The molecule has 0 saturated carbocycles. The normalized spacial score (nSPS) is 18.7. The highest BCUT2D eigenvalue weighted by atomic mass is 16.3. The third kappa shape index (κ3) is 2.64. The lowest BCUT2D eigenvalue weighted by Crippen LogP contribution is -2.14. The van der Waals surface area contributed by atoms with Gasteiger partial charge in [-0.3, -0.25) is 9.97 Å². The topological polar surface area (TPSA) is 58.0 Å². The number of aliphatic hydroxyl groups is 1. The van der Waals surface area contributed by atoms with Crippen molar-refractivity contribution in [2.24, 2.45) is 0 Å². The van der Waals surface area contributed by atoms with Gasteiger partial charge in [0, 0.05) is 5.56 Å². The van der Waals surface area contributed by atoms with Crippen molar-refractivity contribution >= 4 is 0 Å². The van der Waals surface area contributed by atoms with Crippen LogP contribution in [0.25, 0.3) is 11.3 Å². The molecular formula is C15H17N3O. The minimum Gasteiger partial charge on any atom is -0.392 e. The monoisotopic (exact) mass is 255 g/mol. The first-order chi connectivity index (χ1) is 9.36. The number of benzene rings is 1. The molecule has 4 heteroatoms. The molecule has 1 aromatic heterocycles. The van der Waals surface area contributed by atoms with E-state index in [0.717, 1.165) is 35.5 Å². The summed E-state index contributed by atoms with van der Waals surface area (Å²) in [5, 5.41) is 12.6. The molecule has 0 unspecified atom stereocenters. The van der Waals surface area contributed by atoms with E-state index in [1.165, 1.54) is 6.42 Å². The molecule has 1 aliphatic heterocycles. The van der Waals surface area contributed by atoms with E-state index in [-0.39, 0.29) is 6.61 Å². The molecule has 0 radical (unpaired) electrons. The molecule has 1 aromatic carbocycles. The van der Waals surface area contributed by atoms with Crippen LogP contribution in [0, 0.1) is 0 Å². The van der Waals surface area contributed by atoms with E-state index in [1.807, 2.05) is 36.7 Å². The molecule has 0 bridgehead atoms. The van der Waals surface area contributed by atoms with Gasteiger partial charge < -0.3 is 10.4 Å². The maximum Gasteiger partial charge on any atom is 0.0885 e. The smallest absolute Gasteiger partial charge is 0.0885 e. The average Bonchev–Trinajstić information content (AvgIpc) is 3.02. The van der Waals surface area contributed by atoms with Crippen LogP contribution in [0.3, 0.4) is 0 Å². The number of hydrogen-bond acceptors (Lipinski definition) is 4. The first-order valence-electron chi connectivity index (χ1n) is 6.62. The third-order valence-electron chi connectivity index (χ3n) is 3.49. The van der Waals surface area contributed by atoms with E-state index in [0.29, 0.717) is 6.04 Å². The quantitative estimate of drug-likeness (QED) is 0.881. The number of nitrogens with one attached hydrogen (secondary N) is 1. The van der Waals surface area contributed by atoms with E-state index in [4.69, 9.17) is 5.11 Å². The molecule has 1 saturated heterocycles. The Morgan fingerprint density at radius 1 is 1.26 bits per heavy atom. The lowest BCUT2D eigenvalue weighted by molar-refractivity contribution is 0.282. The second-order valence-corrected chi connectivity index (χ2v) is 4.83. The Kier molecular flexibility index (Phi) is 3.53. The number of aromatic nitrogens is 2. The van der Waals surface area contributed by atoms with Crippen molar-refractivity contribution in [1.82, 2.24) is 15.3 Å². The van der Waals surface area contributed by atoms with Gasteiger partial charge in [0.2, 0.25) is 0 Å². The van der Waals surface area contributed by atoms with Gasteiger partial charge in [-0.25, -0.2) is 0 Å². The summed E-state index contributed by atoms with van der Waals surface area (Å²) >= 11 is 0. The van der Waals surface area contributed by atoms with Crippen molar-refractivity contribution in [2.45, 2.75) is 25.5 Å². The predicted molar refractivity (Wildman–Crippen MR) is 73.4 cm³/mol. The predicted octanol–water partition coefficient (Wildman–Crippen LogP) is 2.06. The van der Waals surface area contributed by atoms with E-state index < -0.39 is 0 Å². The zero-order valence-corrected chi connectivity index (χ0v) is 10.7. The van der Waals surface area contributed by atoms with Crippen LogP contribution in [0.4, 0.5) is 0 Å². The fourth-order valence-corrected chi connectivity index (χ4v) is 2.43. The third-order valence-corrected chi connectivity index (χ3v) is 3.49. The maximum atomic E-state index is 9.15. The molecule has 1 atom stereocenters. The van der Waals surface area contributed by atoms with Crippen LogP contribution in [0.2, 0.25) is 0 Å². The molecule has 0 amide bonds. The largest absolute Gasteiger partial charge is 0.392 e. The Morgan fingerprint density at radius 2 is 2.21 bits per heavy atom. The van der Waals surface area contributed by atoms with Crippen molar-refractivity contribution < 1.29 is 5.11 Å². The van der Waals surface area contributed by atoms with Crippen LogP contribution in [0.15, 0.2) is 36.7 Å². The summed E-state index contributed by atoms with van der Waals surface area (Å²) in [6.07, 6.45) is 6.00. The summed E-state index contributed by atoms with van der Waals surface area (Å²) in [6.45, 7) is 1.11. The average molecular weight is 255 g/mol. The Labute approximate surface area is 112 Å². The fourth-order valence-electron chi connectivity index (χ4n) is 2.43. The highest BCUT2D eigenvalue weighted by molar-refractivity contribution is 5.58. The van der Waals surface area contributed by atoms with Crippen LogP contribution in [-0.4, -0.2) is 21.6 Å². The van der Waals surface area contributed by atoms with Gasteiger partial charge in [0.1, 0.15) is 0 Å². The fraction of sp³-hybridized carbons (Fsp3) is 0.333. The van der Waals surface area contributed by atoms with Crippen molar-refractivity contribution in [3.63, 3.8) is 0 Å². The zero-order chi connectivity index (χ0) is 13.1. The molecule has 3 rings (SSSR count). The van der Waals surface area contributed by atoms with Gasteiger partial charge in [-0.1, -0.05) is 18.2 Å². The number of rotatable bonds is 3. The molecule has 98 valence electrons. The van der Waals surface area contributed by atoms with Crippen molar-refractivity contribution in [3.05, 3.63) is 47.9 Å². The minimum absolute atomic E-state index is 0.0470. The molecular weight excluding hydrogens is 238 g/mol. The molecule has 2 heterocycles. The first kappa shape index (κ1) is 12.3. The lowest BCUT2D eigenvalue weighted by Gasteiger charge is -2.09. The minimum atomic E-state index is 0.0470. The van der Waals surface area contributed by atoms with Gasteiger partial charge in [0.05, 0.1) is 36.4 Å². The van der Waals surface area contributed by atoms with Crippen LogP contribution in [0.1, 0.15) is 30.1 Å². The van der Waals surface area contributed by atoms with Gasteiger partial charge in [-0.15, -0.1) is 0 Å². The summed E-state index contributed by atoms with van der Waals surface area (Å²) < 4.78 is 0. The van der Waals surface area contributed by atoms with Crippen molar-refractivity contribution in [3.8, 4) is 11.3 Å². The summed E-state index contributed by atoms with van der Waals surface area (Å²) in [6, 6.07) is 8.10. The van der Waals surface area contributed by atoms with E-state index in [1.54, 1.807) is 0 Å². The van der Waals surface area contributed by atoms with Gasteiger partial charge in [0.15, 0.2) is 0 Å². The van der Waals surface area contributed by atoms with Gasteiger partial charge >= 0.3 is 0 Å². The summed E-state index contributed by atoms with van der Waals surface area (Å²) in [5.74, 6) is 0. The van der Waals surface area contributed by atoms with E-state index >= 15 is 0 Å². The second kappa shape index (κ2) is 5.47. The van der Waals surface area contributed by atoms with Gasteiger partial charge in [0.25, 0.3) is 0 Å². The maximum absolute atomic E-state index is 9.15. The number of aliphatic hydroxyl groups excluding tert-OH is 1. The second-order valence-electron chi connectivity index (χ2n) is 4.83. The lowest BCUT2D eigenvalue weighted by atomic mass is 10.1. The molecule has 0 spiro atoms. The molecule has 19 heavy (non-hydrogen) atoms. The number of nitrogens with zero attached hydrogens (tertiary/aromatic N) is 2. The van der Waals surface area contributed by atoms with Gasteiger partial charge in [-0.2, -0.15) is 0 Å². The molecule has 0 aliphatic carbocycles. The summed E-state index contributed by atoms with van der Waals surface area (Å²) in [4.78, 5) is 8.99. The molecule has 2 aromatic rings. The SMILES string of the molecule is OCc1cccc(-c2cnc([C@H]3CCCN3)cn2)c1. The summed E-state index contributed by atoms with van der Waals surface area (Å²) in [5.41, 5.74) is 3.74. The standard InChI is InChI=1S/C15H17N3O/c19-10-11-3-1-4-12(7-11)14-8-18-15(9-17-14)13-5-2-6-16-13/h1,3-4,7-9,13,16,19H,2,5-6,10H2/t13-/m1/s1. The molecule has 1 aliphatic rings. The number of hydrogen-bond donors (Lipinski definition) is 2. The zero-order valence-electron chi connectivity index (χ0n) is 10.7. The Bertz CT molecular complexity index is 548. The Hall–Kier alpha value is -1.78. The Balaban J connectivity index is 1.84. The molecule has 1 fully saturated rings. The van der Waals surface area contributed by atoms with Gasteiger partial charge in [-0.05, 0) is 31.0 Å². The van der Waals surface area contributed by atoms with Crippen molar-refractivity contribution in [2.75, 3.05) is 6.54 Å². The van der Waals surface area contributed by atoms with Crippen LogP contribution in [0.5, 0.6) is 0 Å². The highest BCUT2D eigenvalue weighted by Gasteiger charge is 2.17. The van der Waals surface area contributed by atoms with Crippen molar-refractivity contribution in [1.29, 1.82) is 0 Å². The van der Waals surface area contributed by atoms with Crippen LogP contribution < -0.4 is 5.32 Å². The Morgan fingerprint density at radius 3 is 2.89 bits per heavy atom. The van der Waals surface area contributed by atoms with E-state index in [9.17, 15) is 0 Å². The molecule has 2 N–H and O–H groups in total. The van der Waals surface area contributed by atoms with Crippen LogP contribution >= 0.6 is 0 Å². The molecule has 4 nitrogen and oxygen atoms in total. The van der Waals surface area contributed by atoms with Crippen LogP contribution in [-0.2, 0) is 6.61 Å².